The minimum Gasteiger partial charge on any atom is -0.490 e. The van der Waals surface area contributed by atoms with Gasteiger partial charge in [-0.05, 0) is 37.3 Å². The lowest BCUT2D eigenvalue weighted by atomic mass is 10.1. The Morgan fingerprint density at radius 3 is 2.72 bits per heavy atom. The van der Waals surface area contributed by atoms with E-state index in [2.05, 4.69) is 0 Å². The van der Waals surface area contributed by atoms with Crippen molar-refractivity contribution in [3.8, 4) is 11.5 Å². The van der Waals surface area contributed by atoms with E-state index in [9.17, 15) is 14.0 Å². The van der Waals surface area contributed by atoms with E-state index in [4.69, 9.17) is 26.8 Å². The zero-order chi connectivity index (χ0) is 21.0. The molecule has 0 saturated carbocycles. The first-order valence-electron chi connectivity index (χ1n) is 8.54. The van der Waals surface area contributed by atoms with Gasteiger partial charge < -0.3 is 14.6 Å². The molecule has 2 aromatic carbocycles. The maximum absolute atomic E-state index is 13.6. The van der Waals surface area contributed by atoms with E-state index in [0.717, 1.165) is 11.8 Å². The highest BCUT2D eigenvalue weighted by Crippen LogP contribution is 2.39. The number of hydrogen-bond acceptors (Lipinski definition) is 6. The number of para-hydroxylation sites is 1. The number of thioether (sulfide) groups is 1. The number of halogens is 1. The topological polar surface area (TPSA) is 76.1 Å². The number of anilines is 1. The van der Waals surface area contributed by atoms with Gasteiger partial charge in [-0.1, -0.05) is 42.2 Å². The Bertz CT molecular complexity index is 1010. The number of carbonyl (C=O) groups is 2. The van der Waals surface area contributed by atoms with Gasteiger partial charge in [-0.25, -0.2) is 9.18 Å². The summed E-state index contributed by atoms with van der Waals surface area (Å²) >= 11 is 6.36. The Kier molecular flexibility index (Phi) is 6.50. The van der Waals surface area contributed by atoms with Crippen LogP contribution in [0.3, 0.4) is 0 Å². The molecule has 0 aromatic heterocycles. The van der Waals surface area contributed by atoms with Crippen LogP contribution < -0.4 is 14.4 Å². The molecule has 0 radical (unpaired) electrons. The largest absolute Gasteiger partial charge is 0.490 e. The number of thiocarbonyl (C=S) groups is 1. The van der Waals surface area contributed by atoms with Gasteiger partial charge in [0.1, 0.15) is 5.82 Å². The van der Waals surface area contributed by atoms with E-state index in [1.165, 1.54) is 23.1 Å². The quantitative estimate of drug-likeness (QED) is 0.521. The van der Waals surface area contributed by atoms with Crippen molar-refractivity contribution in [2.45, 2.75) is 6.92 Å². The third-order valence-corrected chi connectivity index (χ3v) is 5.10. The van der Waals surface area contributed by atoms with E-state index in [0.29, 0.717) is 28.5 Å². The number of benzene rings is 2. The monoisotopic (exact) mass is 433 g/mol. The van der Waals surface area contributed by atoms with Gasteiger partial charge in [0.15, 0.2) is 22.4 Å². The molecule has 0 atom stereocenters. The molecule has 1 aliphatic heterocycles. The zero-order valence-corrected chi connectivity index (χ0v) is 16.9. The number of ether oxygens (including phenoxy) is 2. The number of carboxylic acid groups (broad SMARTS) is 1. The van der Waals surface area contributed by atoms with Crippen molar-refractivity contribution in [3.05, 3.63) is 58.8 Å². The summed E-state index contributed by atoms with van der Waals surface area (Å²) in [6.07, 6.45) is 1.55. The van der Waals surface area contributed by atoms with Crippen LogP contribution in [0.5, 0.6) is 11.5 Å². The Hall–Kier alpha value is -2.91. The molecule has 3 rings (SSSR count). The van der Waals surface area contributed by atoms with Gasteiger partial charge in [0.05, 0.1) is 17.2 Å². The summed E-state index contributed by atoms with van der Waals surface area (Å²) in [4.78, 5) is 25.4. The van der Waals surface area contributed by atoms with Crippen molar-refractivity contribution in [1.29, 1.82) is 0 Å². The summed E-state index contributed by atoms with van der Waals surface area (Å²) in [5.74, 6) is -1.44. The fourth-order valence-corrected chi connectivity index (χ4v) is 3.94. The molecule has 150 valence electrons. The predicted octanol–water partition coefficient (Wildman–Crippen LogP) is 4.09. The fraction of sp³-hybridized carbons (Fsp3) is 0.150. The van der Waals surface area contributed by atoms with Crippen molar-refractivity contribution in [3.63, 3.8) is 0 Å². The van der Waals surface area contributed by atoms with E-state index >= 15 is 0 Å². The molecule has 1 N–H and O–H groups in total. The van der Waals surface area contributed by atoms with Crippen molar-refractivity contribution >= 4 is 51.9 Å². The van der Waals surface area contributed by atoms with Crippen LogP contribution in [0, 0.1) is 5.82 Å². The third kappa shape index (κ3) is 4.75. The van der Waals surface area contributed by atoms with E-state index in [1.807, 2.05) is 0 Å². The highest BCUT2D eigenvalue weighted by molar-refractivity contribution is 8.27. The lowest BCUT2D eigenvalue weighted by Crippen LogP contribution is -2.27. The third-order valence-electron chi connectivity index (χ3n) is 3.80. The highest BCUT2D eigenvalue weighted by atomic mass is 32.2. The van der Waals surface area contributed by atoms with Crippen LogP contribution in [0.25, 0.3) is 6.08 Å². The maximum atomic E-state index is 13.6. The van der Waals surface area contributed by atoms with Crippen LogP contribution in [-0.4, -0.2) is 34.5 Å². The molecule has 1 aliphatic rings. The minimum atomic E-state index is -1.14. The molecule has 0 unspecified atom stereocenters. The maximum Gasteiger partial charge on any atom is 0.341 e. The molecular formula is C20H16FNO5S2. The van der Waals surface area contributed by atoms with Gasteiger partial charge >= 0.3 is 5.97 Å². The number of rotatable bonds is 7. The van der Waals surface area contributed by atoms with Gasteiger partial charge in [-0.2, -0.15) is 0 Å². The van der Waals surface area contributed by atoms with E-state index in [-0.39, 0.29) is 10.1 Å². The van der Waals surface area contributed by atoms with Gasteiger partial charge in [0.25, 0.3) is 5.91 Å². The second-order valence-corrected chi connectivity index (χ2v) is 7.46. The van der Waals surface area contributed by atoms with E-state index in [1.54, 1.807) is 37.3 Å². The normalized spacial score (nSPS) is 15.1. The predicted molar refractivity (Wildman–Crippen MR) is 113 cm³/mol. The molecule has 1 amide bonds. The molecule has 0 bridgehead atoms. The summed E-state index contributed by atoms with van der Waals surface area (Å²) < 4.78 is 24.7. The summed E-state index contributed by atoms with van der Waals surface area (Å²) in [5.41, 5.74) is 0.804. The van der Waals surface area contributed by atoms with Crippen LogP contribution in [-0.2, 0) is 9.59 Å². The van der Waals surface area contributed by atoms with Gasteiger partial charge in [0, 0.05) is 5.56 Å². The summed E-state index contributed by atoms with van der Waals surface area (Å²) in [7, 11) is 0. The molecule has 29 heavy (non-hydrogen) atoms. The van der Waals surface area contributed by atoms with Crippen molar-refractivity contribution < 1.29 is 28.6 Å². The zero-order valence-electron chi connectivity index (χ0n) is 15.3. The SMILES string of the molecule is CCOc1cccc(/C=C2/SC(=S)N(c3cccc(F)c3)C2=O)c1OCC(=O)O. The first-order chi connectivity index (χ1) is 13.9. The number of nitrogens with zero attached hydrogens (tertiary/aromatic N) is 1. The van der Waals surface area contributed by atoms with Crippen molar-refractivity contribution in [2.75, 3.05) is 18.1 Å². The van der Waals surface area contributed by atoms with Crippen LogP contribution in [0.2, 0.25) is 0 Å². The average molecular weight is 433 g/mol. The van der Waals surface area contributed by atoms with Gasteiger partial charge in [0.2, 0.25) is 0 Å². The Morgan fingerprint density at radius 1 is 1.28 bits per heavy atom. The molecule has 1 heterocycles. The highest BCUT2D eigenvalue weighted by Gasteiger charge is 2.33. The van der Waals surface area contributed by atoms with Crippen molar-refractivity contribution in [1.82, 2.24) is 0 Å². The Labute approximate surface area is 175 Å². The molecule has 1 saturated heterocycles. The lowest BCUT2D eigenvalue weighted by Gasteiger charge is -2.14. The Morgan fingerprint density at radius 2 is 2.03 bits per heavy atom. The van der Waals surface area contributed by atoms with E-state index < -0.39 is 24.3 Å². The summed E-state index contributed by atoms with van der Waals surface area (Å²) in [6.45, 7) is 1.58. The molecule has 2 aromatic rings. The molecule has 9 heteroatoms. The second-order valence-electron chi connectivity index (χ2n) is 5.79. The second kappa shape index (κ2) is 9.06. The Balaban J connectivity index is 1.97. The molecule has 6 nitrogen and oxygen atoms in total. The number of carboxylic acids is 1. The lowest BCUT2D eigenvalue weighted by molar-refractivity contribution is -0.139. The van der Waals surface area contributed by atoms with Crippen LogP contribution in [0.15, 0.2) is 47.4 Å². The van der Waals surface area contributed by atoms with Crippen LogP contribution >= 0.6 is 24.0 Å². The molecule has 1 fully saturated rings. The molecule has 0 aliphatic carbocycles. The molecular weight excluding hydrogens is 417 g/mol. The van der Waals surface area contributed by atoms with Crippen molar-refractivity contribution in [2.24, 2.45) is 0 Å². The minimum absolute atomic E-state index is 0.216. The first-order valence-corrected chi connectivity index (χ1v) is 9.77. The smallest absolute Gasteiger partial charge is 0.341 e. The summed E-state index contributed by atoms with van der Waals surface area (Å²) in [6, 6.07) is 10.6. The fourth-order valence-electron chi connectivity index (χ4n) is 2.65. The van der Waals surface area contributed by atoms with Gasteiger partial charge in [-0.3, -0.25) is 9.69 Å². The standard InChI is InChI=1S/C20H16FNO5S2/c1-2-26-15-8-3-5-12(18(15)27-11-17(23)24)9-16-19(25)22(20(28)29-16)14-7-4-6-13(21)10-14/h3-10H,2,11H2,1H3,(H,23,24)/b16-9+. The number of hydrogen-bond donors (Lipinski definition) is 1. The number of amides is 1. The number of carbonyl (C=O) groups excluding carboxylic acids is 1. The molecule has 0 spiro atoms. The van der Waals surface area contributed by atoms with Crippen LogP contribution in [0.4, 0.5) is 10.1 Å². The van der Waals surface area contributed by atoms with Crippen LogP contribution in [0.1, 0.15) is 12.5 Å². The first kappa shape index (κ1) is 20.8. The average Bonchev–Trinajstić information content (AvgIpc) is 2.94. The summed E-state index contributed by atoms with van der Waals surface area (Å²) in [5, 5.41) is 8.94. The number of aliphatic carboxylic acids is 1. The van der Waals surface area contributed by atoms with Gasteiger partial charge in [-0.15, -0.1) is 0 Å².